The number of nitrogens with one attached hydrogen (secondary N) is 1. The molecular formula is C13H12FNO. The van der Waals surface area contributed by atoms with E-state index in [4.69, 9.17) is 4.42 Å². The third-order valence-corrected chi connectivity index (χ3v) is 2.92. The van der Waals surface area contributed by atoms with Crippen molar-refractivity contribution in [3.8, 4) is 11.3 Å². The Morgan fingerprint density at radius 2 is 1.88 bits per heavy atom. The normalized spacial score (nSPS) is 19.4. The van der Waals surface area contributed by atoms with Gasteiger partial charge in [0.15, 0.2) is 0 Å². The van der Waals surface area contributed by atoms with Crippen molar-refractivity contribution in [3.05, 3.63) is 48.0 Å². The first-order chi connectivity index (χ1) is 7.83. The van der Waals surface area contributed by atoms with Gasteiger partial charge in [-0.1, -0.05) is 0 Å². The molecule has 0 saturated carbocycles. The number of furan rings is 1. The van der Waals surface area contributed by atoms with Gasteiger partial charge in [-0.15, -0.1) is 0 Å². The second-order valence-corrected chi connectivity index (χ2v) is 4.00. The molecule has 0 bridgehead atoms. The summed E-state index contributed by atoms with van der Waals surface area (Å²) in [4.78, 5) is 0. The summed E-state index contributed by atoms with van der Waals surface area (Å²) in [5.74, 6) is 1.53. The number of hydrogen-bond donors (Lipinski definition) is 1. The zero-order valence-electron chi connectivity index (χ0n) is 8.74. The van der Waals surface area contributed by atoms with Gasteiger partial charge in [0.05, 0.1) is 6.04 Å². The van der Waals surface area contributed by atoms with Crippen LogP contribution in [0, 0.1) is 5.82 Å². The molecule has 0 aliphatic carbocycles. The molecule has 2 aromatic rings. The van der Waals surface area contributed by atoms with Gasteiger partial charge < -0.3 is 9.73 Å². The summed E-state index contributed by atoms with van der Waals surface area (Å²) in [6.45, 7) is 1.05. The predicted molar refractivity (Wildman–Crippen MR) is 59.5 cm³/mol. The summed E-state index contributed by atoms with van der Waals surface area (Å²) in [7, 11) is 0. The summed E-state index contributed by atoms with van der Waals surface area (Å²) in [6, 6.07) is 10.6. The Labute approximate surface area is 93.1 Å². The van der Waals surface area contributed by atoms with Gasteiger partial charge in [0.25, 0.3) is 0 Å². The average Bonchev–Trinajstić information content (AvgIpc) is 2.65. The van der Waals surface area contributed by atoms with E-state index in [1.54, 1.807) is 12.1 Å². The monoisotopic (exact) mass is 217 g/mol. The van der Waals surface area contributed by atoms with Gasteiger partial charge in [-0.3, -0.25) is 0 Å². The van der Waals surface area contributed by atoms with Gasteiger partial charge in [0.2, 0.25) is 0 Å². The second-order valence-electron chi connectivity index (χ2n) is 4.00. The molecule has 0 spiro atoms. The molecule has 82 valence electrons. The van der Waals surface area contributed by atoms with Crippen LogP contribution in [0.25, 0.3) is 11.3 Å². The van der Waals surface area contributed by atoms with E-state index in [0.29, 0.717) is 6.04 Å². The van der Waals surface area contributed by atoms with E-state index >= 15 is 0 Å². The average molecular weight is 217 g/mol. The van der Waals surface area contributed by atoms with Crippen molar-refractivity contribution in [2.75, 3.05) is 6.54 Å². The van der Waals surface area contributed by atoms with Crippen LogP contribution in [0.5, 0.6) is 0 Å². The first-order valence-electron chi connectivity index (χ1n) is 5.42. The SMILES string of the molecule is Fc1ccc(-c2ccc(C3CCN3)o2)cc1. The lowest BCUT2D eigenvalue weighted by Crippen LogP contribution is -2.34. The predicted octanol–water partition coefficient (Wildman–Crippen LogP) is 3.12. The molecule has 1 atom stereocenters. The molecule has 1 saturated heterocycles. The Hall–Kier alpha value is -1.61. The highest BCUT2D eigenvalue weighted by molar-refractivity contribution is 5.57. The minimum atomic E-state index is -0.226. The molecule has 2 nitrogen and oxygen atoms in total. The summed E-state index contributed by atoms with van der Waals surface area (Å²) < 4.78 is 18.5. The lowest BCUT2D eigenvalue weighted by atomic mass is 10.1. The van der Waals surface area contributed by atoms with E-state index in [0.717, 1.165) is 30.0 Å². The Kier molecular flexibility index (Phi) is 2.26. The van der Waals surface area contributed by atoms with Crippen molar-refractivity contribution in [1.82, 2.24) is 5.32 Å². The summed E-state index contributed by atoms with van der Waals surface area (Å²) in [5.41, 5.74) is 0.909. The van der Waals surface area contributed by atoms with E-state index in [-0.39, 0.29) is 5.82 Å². The Bertz CT molecular complexity index is 485. The number of rotatable bonds is 2. The van der Waals surface area contributed by atoms with Crippen LogP contribution in [0.15, 0.2) is 40.8 Å². The molecule has 1 aromatic heterocycles. The van der Waals surface area contributed by atoms with Crippen molar-refractivity contribution in [2.45, 2.75) is 12.5 Å². The number of halogens is 1. The van der Waals surface area contributed by atoms with Gasteiger partial charge in [0, 0.05) is 5.56 Å². The summed E-state index contributed by atoms with van der Waals surface area (Å²) in [6.07, 6.45) is 1.12. The molecule has 3 heteroatoms. The van der Waals surface area contributed by atoms with Gasteiger partial charge in [-0.25, -0.2) is 4.39 Å². The fourth-order valence-electron chi connectivity index (χ4n) is 1.84. The van der Waals surface area contributed by atoms with Crippen molar-refractivity contribution in [3.63, 3.8) is 0 Å². The van der Waals surface area contributed by atoms with Gasteiger partial charge in [-0.2, -0.15) is 0 Å². The Balaban J connectivity index is 1.88. The van der Waals surface area contributed by atoms with Crippen LogP contribution in [-0.4, -0.2) is 6.54 Å². The lowest BCUT2D eigenvalue weighted by molar-refractivity contribution is 0.322. The molecule has 1 aliphatic rings. The van der Waals surface area contributed by atoms with Crippen LogP contribution in [0.2, 0.25) is 0 Å². The van der Waals surface area contributed by atoms with Gasteiger partial charge >= 0.3 is 0 Å². The third kappa shape index (κ3) is 1.63. The maximum Gasteiger partial charge on any atom is 0.134 e. The van der Waals surface area contributed by atoms with Crippen molar-refractivity contribution in [2.24, 2.45) is 0 Å². The van der Waals surface area contributed by atoms with Gasteiger partial charge in [-0.05, 0) is 49.4 Å². The maximum atomic E-state index is 12.8. The van der Waals surface area contributed by atoms with E-state index in [1.165, 1.54) is 12.1 Å². The van der Waals surface area contributed by atoms with E-state index in [2.05, 4.69) is 5.32 Å². The van der Waals surface area contributed by atoms with Crippen LogP contribution >= 0.6 is 0 Å². The van der Waals surface area contributed by atoms with Gasteiger partial charge in [0.1, 0.15) is 17.3 Å². The highest BCUT2D eigenvalue weighted by atomic mass is 19.1. The number of benzene rings is 1. The van der Waals surface area contributed by atoms with E-state index in [9.17, 15) is 4.39 Å². The zero-order valence-corrected chi connectivity index (χ0v) is 8.74. The molecule has 0 radical (unpaired) electrons. The van der Waals surface area contributed by atoms with Crippen molar-refractivity contribution < 1.29 is 8.81 Å². The Morgan fingerprint density at radius 3 is 2.50 bits per heavy atom. The lowest BCUT2D eigenvalue weighted by Gasteiger charge is -2.25. The molecular weight excluding hydrogens is 205 g/mol. The van der Waals surface area contributed by atoms with Crippen LogP contribution in [0.4, 0.5) is 4.39 Å². The van der Waals surface area contributed by atoms with Crippen molar-refractivity contribution in [1.29, 1.82) is 0 Å². The molecule has 16 heavy (non-hydrogen) atoms. The highest BCUT2D eigenvalue weighted by Crippen LogP contribution is 2.29. The van der Waals surface area contributed by atoms with Crippen LogP contribution in [-0.2, 0) is 0 Å². The van der Waals surface area contributed by atoms with Crippen LogP contribution < -0.4 is 5.32 Å². The highest BCUT2D eigenvalue weighted by Gasteiger charge is 2.21. The maximum absolute atomic E-state index is 12.8. The topological polar surface area (TPSA) is 25.2 Å². The fourth-order valence-corrected chi connectivity index (χ4v) is 1.84. The molecule has 1 fully saturated rings. The van der Waals surface area contributed by atoms with E-state index in [1.807, 2.05) is 12.1 Å². The minimum absolute atomic E-state index is 0.226. The molecule has 1 unspecified atom stereocenters. The van der Waals surface area contributed by atoms with Crippen molar-refractivity contribution >= 4 is 0 Å². The standard InChI is InChI=1S/C13H12FNO/c14-10-3-1-9(2-4-10)12-5-6-13(16-12)11-7-8-15-11/h1-6,11,15H,7-8H2. The smallest absolute Gasteiger partial charge is 0.134 e. The first-order valence-corrected chi connectivity index (χ1v) is 5.42. The fraction of sp³-hybridized carbons (Fsp3) is 0.231. The molecule has 1 N–H and O–H groups in total. The quantitative estimate of drug-likeness (QED) is 0.836. The third-order valence-electron chi connectivity index (χ3n) is 2.92. The second kappa shape index (κ2) is 3.76. The molecule has 1 aromatic carbocycles. The van der Waals surface area contributed by atoms with Crippen LogP contribution in [0.3, 0.4) is 0 Å². The largest absolute Gasteiger partial charge is 0.459 e. The Morgan fingerprint density at radius 1 is 1.12 bits per heavy atom. The zero-order chi connectivity index (χ0) is 11.0. The number of hydrogen-bond acceptors (Lipinski definition) is 2. The van der Waals surface area contributed by atoms with E-state index < -0.39 is 0 Å². The molecule has 1 aliphatic heterocycles. The molecule has 3 rings (SSSR count). The molecule has 2 heterocycles. The molecule has 0 amide bonds. The summed E-state index contributed by atoms with van der Waals surface area (Å²) in [5, 5.41) is 3.28. The summed E-state index contributed by atoms with van der Waals surface area (Å²) >= 11 is 0. The first kappa shape index (κ1) is 9.60. The minimum Gasteiger partial charge on any atom is -0.459 e. The van der Waals surface area contributed by atoms with Crippen LogP contribution in [0.1, 0.15) is 18.2 Å².